The van der Waals surface area contributed by atoms with E-state index in [-0.39, 0.29) is 16.9 Å². The highest BCUT2D eigenvalue weighted by Gasteiger charge is 2.49. The Labute approximate surface area is 200 Å². The molecule has 0 aliphatic heterocycles. The van der Waals surface area contributed by atoms with Crippen molar-refractivity contribution in [1.82, 2.24) is 4.57 Å². The van der Waals surface area contributed by atoms with Gasteiger partial charge in [0.05, 0.1) is 30.3 Å². The molecule has 176 valence electrons. The Kier molecular flexibility index (Phi) is 5.38. The fraction of sp³-hybridized carbons (Fsp3) is 0.379. The average molecular weight is 457 g/mol. The molecule has 1 amide bonds. The summed E-state index contributed by atoms with van der Waals surface area (Å²) < 4.78 is 7.00. The molecule has 1 fully saturated rings. The summed E-state index contributed by atoms with van der Waals surface area (Å²) in [5, 5.41) is 4.10. The molecule has 1 saturated carbocycles. The third-order valence-corrected chi connectivity index (χ3v) is 7.68. The van der Waals surface area contributed by atoms with Gasteiger partial charge in [-0.2, -0.15) is 0 Å². The highest BCUT2D eigenvalue weighted by molar-refractivity contribution is 6.03. The predicted molar refractivity (Wildman–Crippen MR) is 136 cm³/mol. The Morgan fingerprint density at radius 1 is 1.03 bits per heavy atom. The van der Waals surface area contributed by atoms with Gasteiger partial charge in [-0.3, -0.25) is 9.59 Å². The average Bonchev–Trinajstić information content (AvgIpc) is 3.02. The van der Waals surface area contributed by atoms with Gasteiger partial charge in [0.15, 0.2) is 0 Å². The van der Waals surface area contributed by atoms with Crippen LogP contribution in [0.3, 0.4) is 0 Å². The number of anilines is 1. The van der Waals surface area contributed by atoms with E-state index in [9.17, 15) is 9.59 Å². The van der Waals surface area contributed by atoms with Gasteiger partial charge in [0, 0.05) is 11.5 Å². The number of ether oxygens (including phenoxy) is 1. The highest BCUT2D eigenvalue weighted by atomic mass is 16.5. The van der Waals surface area contributed by atoms with Crippen LogP contribution in [0.1, 0.15) is 52.0 Å². The van der Waals surface area contributed by atoms with E-state index in [1.807, 2.05) is 48.5 Å². The number of hydrogen-bond acceptors (Lipinski definition) is 3. The smallest absolute Gasteiger partial charge is 0.251 e. The summed E-state index contributed by atoms with van der Waals surface area (Å²) in [4.78, 5) is 26.4. The molecule has 0 spiro atoms. The summed E-state index contributed by atoms with van der Waals surface area (Å²) in [5.41, 5.74) is 5.16. The van der Waals surface area contributed by atoms with Gasteiger partial charge in [0.2, 0.25) is 5.91 Å². The summed E-state index contributed by atoms with van der Waals surface area (Å²) in [5.74, 6) is 0.842. The lowest BCUT2D eigenvalue weighted by atomic mass is 9.64. The van der Waals surface area contributed by atoms with E-state index in [0.717, 1.165) is 53.6 Å². The van der Waals surface area contributed by atoms with Crippen LogP contribution in [-0.2, 0) is 11.3 Å². The fourth-order valence-corrected chi connectivity index (χ4v) is 6.25. The number of rotatable bonds is 5. The van der Waals surface area contributed by atoms with Gasteiger partial charge >= 0.3 is 0 Å². The number of nitrogens with zero attached hydrogens (tertiary/aromatic N) is 1. The topological polar surface area (TPSA) is 60.3 Å². The van der Waals surface area contributed by atoms with Crippen LogP contribution in [0.15, 0.2) is 70.5 Å². The van der Waals surface area contributed by atoms with Crippen LogP contribution in [-0.4, -0.2) is 17.6 Å². The molecule has 0 saturated heterocycles. The highest BCUT2D eigenvalue weighted by Crippen LogP contribution is 2.57. The summed E-state index contributed by atoms with van der Waals surface area (Å²) in [7, 11) is 1.64. The van der Waals surface area contributed by atoms with Crippen LogP contribution in [0.5, 0.6) is 5.75 Å². The Morgan fingerprint density at radius 2 is 1.79 bits per heavy atom. The van der Waals surface area contributed by atoms with E-state index in [0.29, 0.717) is 6.54 Å². The van der Waals surface area contributed by atoms with Gasteiger partial charge in [0.1, 0.15) is 5.75 Å². The number of hydrogen-bond donors (Lipinski definition) is 1. The van der Waals surface area contributed by atoms with Crippen LogP contribution in [0.25, 0.3) is 10.9 Å². The predicted octanol–water partition coefficient (Wildman–Crippen LogP) is 5.91. The van der Waals surface area contributed by atoms with Crippen molar-refractivity contribution in [3.05, 3.63) is 81.7 Å². The molecular formula is C29H32N2O3. The van der Waals surface area contributed by atoms with Crippen molar-refractivity contribution in [2.24, 2.45) is 10.8 Å². The zero-order valence-electron chi connectivity index (χ0n) is 20.4. The molecule has 2 aromatic carbocycles. The number of benzene rings is 2. The zero-order valence-corrected chi connectivity index (χ0v) is 20.4. The molecule has 5 heteroatoms. The van der Waals surface area contributed by atoms with E-state index < -0.39 is 5.41 Å². The van der Waals surface area contributed by atoms with Crippen molar-refractivity contribution < 1.29 is 9.53 Å². The van der Waals surface area contributed by atoms with E-state index in [4.69, 9.17) is 4.74 Å². The molecule has 2 aliphatic rings. The summed E-state index contributed by atoms with van der Waals surface area (Å²) >= 11 is 0. The molecular weight excluding hydrogens is 424 g/mol. The molecule has 2 unspecified atom stereocenters. The van der Waals surface area contributed by atoms with Gasteiger partial charge in [-0.1, -0.05) is 43.2 Å². The standard InChI is InChI=1S/C29H32N2O3/c1-19-14-28(2)15-21(19)16-29(3,18-28)27(33)30-24-6-5-7-25-23(24)12-13-26(32)31(25)17-20-8-10-22(34-4)11-9-20/h5-13H,14-18H2,1-4H3,(H,30,33). The molecule has 1 heterocycles. The van der Waals surface area contributed by atoms with E-state index >= 15 is 0 Å². The van der Waals surface area contributed by atoms with E-state index in [2.05, 4.69) is 26.1 Å². The third kappa shape index (κ3) is 3.93. The molecule has 2 aliphatic carbocycles. The number of methoxy groups -OCH3 is 1. The number of carbonyl (C=O) groups excluding carboxylic acids is 1. The lowest BCUT2D eigenvalue weighted by Crippen LogP contribution is -2.40. The van der Waals surface area contributed by atoms with Gasteiger partial charge < -0.3 is 14.6 Å². The van der Waals surface area contributed by atoms with Crippen LogP contribution < -0.4 is 15.6 Å². The quantitative estimate of drug-likeness (QED) is 0.485. The Bertz CT molecular complexity index is 1360. The van der Waals surface area contributed by atoms with Crippen LogP contribution in [0.2, 0.25) is 0 Å². The van der Waals surface area contributed by atoms with E-state index in [1.165, 1.54) is 11.1 Å². The maximum atomic E-state index is 13.6. The summed E-state index contributed by atoms with van der Waals surface area (Å²) in [6.07, 6.45) is 3.93. The summed E-state index contributed by atoms with van der Waals surface area (Å²) in [6.45, 7) is 7.07. The first kappa shape index (κ1) is 22.5. The molecule has 0 radical (unpaired) electrons. The number of fused-ring (bicyclic) bond motifs is 3. The first-order valence-electron chi connectivity index (χ1n) is 11.9. The second-order valence-electron chi connectivity index (χ2n) is 10.8. The van der Waals surface area contributed by atoms with Gasteiger partial charge in [-0.15, -0.1) is 0 Å². The van der Waals surface area contributed by atoms with Crippen molar-refractivity contribution in [3.63, 3.8) is 0 Å². The molecule has 5 nitrogen and oxygen atoms in total. The summed E-state index contributed by atoms with van der Waals surface area (Å²) in [6, 6.07) is 16.9. The second kappa shape index (κ2) is 8.15. The number of aromatic nitrogens is 1. The fourth-order valence-electron chi connectivity index (χ4n) is 6.25. The minimum absolute atomic E-state index is 0.0611. The first-order valence-corrected chi connectivity index (χ1v) is 11.9. The SMILES string of the molecule is COc1ccc(Cn2c(=O)ccc3c(NC(=O)C4(C)CC5=C(C)CC(C)(C5)C4)cccc32)cc1. The second-order valence-corrected chi connectivity index (χ2v) is 10.8. The maximum absolute atomic E-state index is 13.6. The molecule has 1 aromatic heterocycles. The van der Waals surface area contributed by atoms with Crippen molar-refractivity contribution >= 4 is 22.5 Å². The Morgan fingerprint density at radius 3 is 2.50 bits per heavy atom. The number of carbonyl (C=O) groups is 1. The zero-order chi connectivity index (χ0) is 24.1. The minimum Gasteiger partial charge on any atom is -0.497 e. The van der Waals surface area contributed by atoms with Crippen molar-refractivity contribution in [3.8, 4) is 5.75 Å². The Balaban J connectivity index is 1.46. The molecule has 34 heavy (non-hydrogen) atoms. The largest absolute Gasteiger partial charge is 0.497 e. The van der Waals surface area contributed by atoms with Gasteiger partial charge in [-0.25, -0.2) is 0 Å². The molecule has 2 bridgehead atoms. The van der Waals surface area contributed by atoms with Crippen molar-refractivity contribution in [1.29, 1.82) is 0 Å². The van der Waals surface area contributed by atoms with Crippen molar-refractivity contribution in [2.45, 2.75) is 53.0 Å². The minimum atomic E-state index is -0.431. The van der Waals surface area contributed by atoms with Gasteiger partial charge in [-0.05, 0) is 73.9 Å². The monoisotopic (exact) mass is 456 g/mol. The normalized spacial score (nSPS) is 23.9. The lowest BCUT2D eigenvalue weighted by Gasteiger charge is -2.41. The van der Waals surface area contributed by atoms with E-state index in [1.54, 1.807) is 17.7 Å². The number of pyridine rings is 1. The molecule has 1 N–H and O–H groups in total. The van der Waals surface area contributed by atoms with Crippen LogP contribution >= 0.6 is 0 Å². The maximum Gasteiger partial charge on any atom is 0.251 e. The molecule has 3 aromatic rings. The number of amides is 1. The van der Waals surface area contributed by atoms with Crippen LogP contribution in [0.4, 0.5) is 5.69 Å². The molecule has 5 rings (SSSR count). The number of nitrogens with one attached hydrogen (secondary N) is 1. The Hall–Kier alpha value is -3.34. The molecule has 2 atom stereocenters. The first-order chi connectivity index (χ1) is 16.2. The van der Waals surface area contributed by atoms with Crippen LogP contribution in [0, 0.1) is 10.8 Å². The lowest BCUT2D eigenvalue weighted by molar-refractivity contribution is -0.127. The third-order valence-electron chi connectivity index (χ3n) is 7.68. The van der Waals surface area contributed by atoms with Gasteiger partial charge in [0.25, 0.3) is 5.56 Å². The van der Waals surface area contributed by atoms with Crippen molar-refractivity contribution in [2.75, 3.05) is 12.4 Å². The number of allylic oxidation sites excluding steroid dienone is 2.